The van der Waals surface area contributed by atoms with Crippen molar-refractivity contribution in [2.75, 3.05) is 7.11 Å². The number of aromatic nitrogens is 1. The van der Waals surface area contributed by atoms with Crippen molar-refractivity contribution in [1.82, 2.24) is 10.3 Å². The number of hydrogen-bond acceptors (Lipinski definition) is 4. The van der Waals surface area contributed by atoms with Gasteiger partial charge in [-0.3, -0.25) is 14.6 Å². The number of amides is 1. The molecular weight excluding hydrogens is 260 g/mol. The highest BCUT2D eigenvalue weighted by Crippen LogP contribution is 2.33. The highest BCUT2D eigenvalue weighted by atomic mass is 16.5. The van der Waals surface area contributed by atoms with Crippen LogP contribution in [-0.4, -0.2) is 29.1 Å². The number of pyridine rings is 1. The Kier molecular flexibility index (Phi) is 4.02. The van der Waals surface area contributed by atoms with Gasteiger partial charge in [0, 0.05) is 12.7 Å². The van der Waals surface area contributed by atoms with Gasteiger partial charge in [-0.2, -0.15) is 0 Å². The lowest BCUT2D eigenvalue weighted by Gasteiger charge is -2.22. The molecule has 0 atom stereocenters. The third-order valence-electron chi connectivity index (χ3n) is 3.40. The van der Waals surface area contributed by atoms with Crippen LogP contribution < -0.4 is 10.1 Å². The lowest BCUT2D eigenvalue weighted by atomic mass is 9.84. The van der Waals surface area contributed by atoms with Crippen LogP contribution >= 0.6 is 0 Å². The molecule has 0 saturated carbocycles. The van der Waals surface area contributed by atoms with Gasteiger partial charge in [-0.15, -0.1) is 0 Å². The summed E-state index contributed by atoms with van der Waals surface area (Å²) in [6.45, 7) is 0.220. The van der Waals surface area contributed by atoms with E-state index < -0.39 is 17.3 Å². The predicted octanol–water partition coefficient (Wildman–Crippen LogP) is 1.13. The summed E-state index contributed by atoms with van der Waals surface area (Å²) in [7, 11) is 1.53. The molecule has 1 heterocycles. The molecular formula is C14H16N2O4. The van der Waals surface area contributed by atoms with E-state index in [2.05, 4.69) is 10.3 Å². The van der Waals surface area contributed by atoms with Gasteiger partial charge in [0.15, 0.2) is 5.41 Å². The van der Waals surface area contributed by atoms with Crippen molar-refractivity contribution < 1.29 is 19.4 Å². The van der Waals surface area contributed by atoms with Gasteiger partial charge < -0.3 is 15.2 Å². The van der Waals surface area contributed by atoms with Crippen molar-refractivity contribution in [1.29, 1.82) is 0 Å². The number of carboxylic acids is 1. The molecule has 0 radical (unpaired) electrons. The smallest absolute Gasteiger partial charge is 0.319 e. The molecule has 1 aromatic rings. The second-order valence-electron chi connectivity index (χ2n) is 4.68. The molecule has 2 N–H and O–H groups in total. The van der Waals surface area contributed by atoms with Gasteiger partial charge in [-0.25, -0.2) is 0 Å². The van der Waals surface area contributed by atoms with Crippen LogP contribution in [-0.2, 0) is 16.1 Å². The number of allylic oxidation sites excluding steroid dienone is 2. The van der Waals surface area contributed by atoms with Gasteiger partial charge in [0.1, 0.15) is 5.75 Å². The van der Waals surface area contributed by atoms with Gasteiger partial charge in [-0.1, -0.05) is 12.2 Å². The number of carboxylic acid groups (broad SMARTS) is 1. The number of carbonyl (C=O) groups excluding carboxylic acids is 1. The zero-order valence-corrected chi connectivity index (χ0v) is 11.1. The summed E-state index contributed by atoms with van der Waals surface area (Å²) >= 11 is 0. The van der Waals surface area contributed by atoms with Crippen LogP contribution in [0, 0.1) is 5.41 Å². The van der Waals surface area contributed by atoms with Crippen LogP contribution in [0.15, 0.2) is 30.6 Å². The molecule has 0 aromatic carbocycles. The molecule has 1 aliphatic carbocycles. The molecule has 20 heavy (non-hydrogen) atoms. The normalized spacial score (nSPS) is 15.8. The van der Waals surface area contributed by atoms with E-state index in [1.165, 1.54) is 7.11 Å². The maximum absolute atomic E-state index is 12.2. The molecule has 1 aromatic heterocycles. The van der Waals surface area contributed by atoms with Crippen LogP contribution in [0.5, 0.6) is 5.75 Å². The van der Waals surface area contributed by atoms with E-state index in [0.29, 0.717) is 5.75 Å². The average molecular weight is 276 g/mol. The number of ether oxygens (including phenoxy) is 1. The zero-order valence-electron chi connectivity index (χ0n) is 11.1. The molecule has 106 valence electrons. The second-order valence-corrected chi connectivity index (χ2v) is 4.68. The van der Waals surface area contributed by atoms with E-state index in [1.807, 2.05) is 0 Å². The Bertz CT molecular complexity index is 546. The molecule has 1 amide bonds. The lowest BCUT2D eigenvalue weighted by molar-refractivity contribution is -0.155. The Hall–Kier alpha value is -2.37. The topological polar surface area (TPSA) is 88.5 Å². The first-order chi connectivity index (χ1) is 9.58. The SMILES string of the molecule is COc1cncc(CNC(=O)C2(C(=O)O)CC=CC2)c1. The number of carbonyl (C=O) groups is 2. The first kappa shape index (κ1) is 14.0. The van der Waals surface area contributed by atoms with E-state index in [9.17, 15) is 14.7 Å². The zero-order chi connectivity index (χ0) is 14.6. The summed E-state index contributed by atoms with van der Waals surface area (Å²) in [4.78, 5) is 27.5. The van der Waals surface area contributed by atoms with Gasteiger partial charge in [-0.05, 0) is 24.5 Å². The van der Waals surface area contributed by atoms with Gasteiger partial charge >= 0.3 is 5.97 Å². The van der Waals surface area contributed by atoms with Crippen molar-refractivity contribution in [3.8, 4) is 5.75 Å². The minimum atomic E-state index is -1.37. The summed E-state index contributed by atoms with van der Waals surface area (Å²) in [6.07, 6.45) is 7.06. The van der Waals surface area contributed by atoms with Crippen molar-refractivity contribution in [3.05, 3.63) is 36.2 Å². The molecule has 0 spiro atoms. The average Bonchev–Trinajstić information content (AvgIpc) is 2.96. The third kappa shape index (κ3) is 2.64. The molecule has 0 saturated heterocycles. The van der Waals surface area contributed by atoms with Crippen molar-refractivity contribution in [2.24, 2.45) is 5.41 Å². The van der Waals surface area contributed by atoms with E-state index >= 15 is 0 Å². The van der Waals surface area contributed by atoms with E-state index in [0.717, 1.165) is 5.56 Å². The molecule has 0 aliphatic heterocycles. The highest BCUT2D eigenvalue weighted by molar-refractivity contribution is 6.02. The Balaban J connectivity index is 2.02. The molecule has 0 fully saturated rings. The molecule has 6 heteroatoms. The number of hydrogen-bond donors (Lipinski definition) is 2. The molecule has 0 unspecified atom stereocenters. The predicted molar refractivity (Wildman–Crippen MR) is 71.1 cm³/mol. The van der Waals surface area contributed by atoms with Crippen molar-refractivity contribution >= 4 is 11.9 Å². The number of methoxy groups -OCH3 is 1. The summed E-state index contributed by atoms with van der Waals surface area (Å²) in [5.41, 5.74) is -0.615. The van der Waals surface area contributed by atoms with Crippen molar-refractivity contribution in [2.45, 2.75) is 19.4 Å². The fourth-order valence-electron chi connectivity index (χ4n) is 2.13. The maximum atomic E-state index is 12.2. The quantitative estimate of drug-likeness (QED) is 0.621. The Morgan fingerprint density at radius 1 is 1.40 bits per heavy atom. The third-order valence-corrected chi connectivity index (χ3v) is 3.40. The number of nitrogens with zero attached hydrogens (tertiary/aromatic N) is 1. The molecule has 0 bridgehead atoms. The Morgan fingerprint density at radius 2 is 2.10 bits per heavy atom. The molecule has 2 rings (SSSR count). The van der Waals surface area contributed by atoms with Crippen LogP contribution in [0.25, 0.3) is 0 Å². The van der Waals surface area contributed by atoms with E-state index in [4.69, 9.17) is 4.74 Å². The highest BCUT2D eigenvalue weighted by Gasteiger charge is 2.46. The number of rotatable bonds is 5. The minimum Gasteiger partial charge on any atom is -0.495 e. The van der Waals surface area contributed by atoms with Gasteiger partial charge in [0.05, 0.1) is 13.3 Å². The second kappa shape index (κ2) is 5.73. The van der Waals surface area contributed by atoms with Gasteiger partial charge in [0.2, 0.25) is 5.91 Å². The monoisotopic (exact) mass is 276 g/mol. The summed E-state index contributed by atoms with van der Waals surface area (Å²) in [6, 6.07) is 1.74. The van der Waals surface area contributed by atoms with Crippen LogP contribution in [0.3, 0.4) is 0 Å². The molecule has 6 nitrogen and oxygen atoms in total. The maximum Gasteiger partial charge on any atom is 0.319 e. The van der Waals surface area contributed by atoms with E-state index in [1.54, 1.807) is 30.6 Å². The first-order valence-electron chi connectivity index (χ1n) is 6.23. The number of aliphatic carboxylic acids is 1. The number of nitrogens with one attached hydrogen (secondary N) is 1. The van der Waals surface area contributed by atoms with Crippen LogP contribution in [0.4, 0.5) is 0 Å². The largest absolute Gasteiger partial charge is 0.495 e. The van der Waals surface area contributed by atoms with Gasteiger partial charge in [0.25, 0.3) is 0 Å². The minimum absolute atomic E-state index is 0.220. The molecule has 1 aliphatic rings. The standard InChI is InChI=1S/C14H16N2O4/c1-20-11-6-10(7-15-9-11)8-16-12(17)14(13(18)19)4-2-3-5-14/h2-3,6-7,9H,4-5,8H2,1H3,(H,16,17)(H,18,19). The Labute approximate surface area is 116 Å². The van der Waals surface area contributed by atoms with Crippen LogP contribution in [0.2, 0.25) is 0 Å². The van der Waals surface area contributed by atoms with E-state index in [-0.39, 0.29) is 19.4 Å². The fraction of sp³-hybridized carbons (Fsp3) is 0.357. The Morgan fingerprint density at radius 3 is 2.70 bits per heavy atom. The van der Waals surface area contributed by atoms with Crippen molar-refractivity contribution in [3.63, 3.8) is 0 Å². The summed E-state index contributed by atoms with van der Waals surface area (Å²) in [5.74, 6) is -0.978. The summed E-state index contributed by atoms with van der Waals surface area (Å²) < 4.78 is 5.04. The fourth-order valence-corrected chi connectivity index (χ4v) is 2.13. The summed E-state index contributed by atoms with van der Waals surface area (Å²) in [5, 5.41) is 11.9. The first-order valence-corrected chi connectivity index (χ1v) is 6.23. The van der Waals surface area contributed by atoms with Crippen LogP contribution in [0.1, 0.15) is 18.4 Å². The lowest BCUT2D eigenvalue weighted by Crippen LogP contribution is -2.44.